The van der Waals surface area contributed by atoms with Crippen LogP contribution in [0.3, 0.4) is 0 Å². The molecule has 164 valence electrons. The largest absolute Gasteiger partial charge is 0.356 e. The van der Waals surface area contributed by atoms with Crippen LogP contribution in [-0.2, 0) is 11.3 Å². The van der Waals surface area contributed by atoms with Crippen molar-refractivity contribution in [2.75, 3.05) is 49.1 Å². The van der Waals surface area contributed by atoms with Gasteiger partial charge in [0.15, 0.2) is 0 Å². The van der Waals surface area contributed by atoms with Crippen molar-refractivity contribution in [2.24, 2.45) is 0 Å². The topological polar surface area (TPSA) is 87.5 Å². The SMILES string of the molecule is Cc1cc(N2CCCC2)nc(N2CCN(C(=O)Cn3cnc(C4CC4)cc3=O)CC2)n1. The average Bonchev–Trinajstić information content (AvgIpc) is 3.48. The highest BCUT2D eigenvalue weighted by Gasteiger charge is 2.27. The zero-order valence-electron chi connectivity index (χ0n) is 18.0. The Balaban J connectivity index is 1.20. The maximum atomic E-state index is 12.8. The Bertz CT molecular complexity index is 1020. The lowest BCUT2D eigenvalue weighted by Gasteiger charge is -2.35. The molecule has 9 heteroatoms. The third-order valence-electron chi connectivity index (χ3n) is 6.38. The second-order valence-electron chi connectivity index (χ2n) is 8.78. The predicted molar refractivity (Wildman–Crippen MR) is 117 cm³/mol. The maximum absolute atomic E-state index is 12.8. The van der Waals surface area contributed by atoms with E-state index in [1.54, 1.807) is 6.07 Å². The van der Waals surface area contributed by atoms with Crippen molar-refractivity contribution in [1.82, 2.24) is 24.4 Å². The molecule has 0 spiro atoms. The van der Waals surface area contributed by atoms with Gasteiger partial charge in [-0.2, -0.15) is 4.98 Å². The first kappa shape index (κ1) is 20.0. The average molecular weight is 424 g/mol. The van der Waals surface area contributed by atoms with Crippen LogP contribution in [0.2, 0.25) is 0 Å². The molecule has 5 rings (SSSR count). The van der Waals surface area contributed by atoms with Crippen molar-refractivity contribution in [1.29, 1.82) is 0 Å². The summed E-state index contributed by atoms with van der Waals surface area (Å²) < 4.78 is 1.41. The molecule has 1 saturated carbocycles. The van der Waals surface area contributed by atoms with E-state index < -0.39 is 0 Å². The molecule has 0 atom stereocenters. The van der Waals surface area contributed by atoms with E-state index in [9.17, 15) is 9.59 Å². The molecule has 0 N–H and O–H groups in total. The summed E-state index contributed by atoms with van der Waals surface area (Å²) in [6.45, 7) is 6.70. The van der Waals surface area contributed by atoms with Crippen molar-refractivity contribution in [2.45, 2.75) is 45.1 Å². The van der Waals surface area contributed by atoms with E-state index in [4.69, 9.17) is 4.98 Å². The third kappa shape index (κ3) is 4.40. The van der Waals surface area contributed by atoms with Gasteiger partial charge < -0.3 is 14.7 Å². The Kier molecular flexibility index (Phi) is 5.33. The minimum Gasteiger partial charge on any atom is -0.356 e. The standard InChI is InChI=1S/C22H29N7O2/c1-16-12-19(26-6-2-3-7-26)25-22(24-16)28-10-8-27(9-11-28)21(31)14-29-15-23-18(13-20(29)30)17-4-5-17/h12-13,15,17H,2-11,14H2,1H3. The smallest absolute Gasteiger partial charge is 0.254 e. The van der Waals surface area contributed by atoms with Gasteiger partial charge in [-0.25, -0.2) is 9.97 Å². The summed E-state index contributed by atoms with van der Waals surface area (Å²) in [5.74, 6) is 2.12. The zero-order valence-corrected chi connectivity index (χ0v) is 18.0. The van der Waals surface area contributed by atoms with Gasteiger partial charge in [-0.1, -0.05) is 0 Å². The molecule has 2 aromatic rings. The first-order valence-electron chi connectivity index (χ1n) is 11.3. The maximum Gasteiger partial charge on any atom is 0.254 e. The Morgan fingerprint density at radius 1 is 1.00 bits per heavy atom. The first-order valence-corrected chi connectivity index (χ1v) is 11.3. The molecule has 9 nitrogen and oxygen atoms in total. The van der Waals surface area contributed by atoms with Crippen LogP contribution in [0, 0.1) is 6.92 Å². The summed E-state index contributed by atoms with van der Waals surface area (Å²) in [7, 11) is 0. The van der Waals surface area contributed by atoms with Crippen LogP contribution in [-0.4, -0.2) is 69.6 Å². The summed E-state index contributed by atoms with van der Waals surface area (Å²) in [6, 6.07) is 3.63. The van der Waals surface area contributed by atoms with Gasteiger partial charge in [0, 0.05) is 63.0 Å². The number of carbonyl (C=O) groups excluding carboxylic acids is 1. The molecule has 0 radical (unpaired) electrons. The van der Waals surface area contributed by atoms with Gasteiger partial charge in [-0.3, -0.25) is 14.2 Å². The highest BCUT2D eigenvalue weighted by molar-refractivity contribution is 5.76. The Morgan fingerprint density at radius 3 is 2.42 bits per heavy atom. The number of nitrogens with zero attached hydrogens (tertiary/aromatic N) is 7. The predicted octanol–water partition coefficient (Wildman–Crippen LogP) is 1.17. The molecule has 31 heavy (non-hydrogen) atoms. The molecular formula is C22H29N7O2. The Labute approximate surface area is 181 Å². The van der Waals surface area contributed by atoms with E-state index in [-0.39, 0.29) is 18.0 Å². The lowest BCUT2D eigenvalue weighted by Crippen LogP contribution is -2.50. The summed E-state index contributed by atoms with van der Waals surface area (Å²) in [5.41, 5.74) is 1.67. The molecule has 1 aliphatic carbocycles. The molecule has 4 heterocycles. The van der Waals surface area contributed by atoms with E-state index in [0.717, 1.165) is 49.1 Å². The number of hydrogen-bond donors (Lipinski definition) is 0. The van der Waals surface area contributed by atoms with Crippen LogP contribution in [0.1, 0.15) is 43.0 Å². The number of carbonyl (C=O) groups is 1. The van der Waals surface area contributed by atoms with E-state index >= 15 is 0 Å². The van der Waals surface area contributed by atoms with Gasteiger partial charge in [-0.05, 0) is 32.6 Å². The second-order valence-corrected chi connectivity index (χ2v) is 8.78. The molecule has 3 aliphatic rings. The van der Waals surface area contributed by atoms with Crippen LogP contribution in [0.25, 0.3) is 0 Å². The van der Waals surface area contributed by atoms with Crippen LogP contribution in [0.15, 0.2) is 23.3 Å². The fourth-order valence-electron chi connectivity index (χ4n) is 4.35. The minimum atomic E-state index is -0.147. The number of anilines is 2. The lowest BCUT2D eigenvalue weighted by atomic mass is 10.3. The molecule has 3 fully saturated rings. The first-order chi connectivity index (χ1) is 15.1. The molecule has 2 aliphatic heterocycles. The molecule has 2 saturated heterocycles. The lowest BCUT2D eigenvalue weighted by molar-refractivity contribution is -0.132. The molecule has 0 unspecified atom stereocenters. The number of amides is 1. The van der Waals surface area contributed by atoms with Crippen molar-refractivity contribution in [3.05, 3.63) is 40.2 Å². The quantitative estimate of drug-likeness (QED) is 0.713. The number of aromatic nitrogens is 4. The number of rotatable bonds is 5. The third-order valence-corrected chi connectivity index (χ3v) is 6.38. The highest BCUT2D eigenvalue weighted by atomic mass is 16.2. The van der Waals surface area contributed by atoms with Crippen LogP contribution in [0.5, 0.6) is 0 Å². The monoisotopic (exact) mass is 423 g/mol. The van der Waals surface area contributed by atoms with Gasteiger partial charge in [-0.15, -0.1) is 0 Å². The number of hydrogen-bond acceptors (Lipinski definition) is 7. The van der Waals surface area contributed by atoms with Crippen molar-refractivity contribution < 1.29 is 4.79 Å². The molecular weight excluding hydrogens is 394 g/mol. The van der Waals surface area contributed by atoms with E-state index in [1.165, 1.54) is 23.7 Å². The summed E-state index contributed by atoms with van der Waals surface area (Å²) in [5, 5.41) is 0. The zero-order chi connectivity index (χ0) is 21.4. The van der Waals surface area contributed by atoms with Crippen molar-refractivity contribution in [3.63, 3.8) is 0 Å². The summed E-state index contributed by atoms with van der Waals surface area (Å²) >= 11 is 0. The fraction of sp³-hybridized carbons (Fsp3) is 0.591. The normalized spacial score (nSPS) is 19.2. The summed E-state index contributed by atoms with van der Waals surface area (Å²) in [6.07, 6.45) is 6.14. The van der Waals surface area contributed by atoms with E-state index in [0.29, 0.717) is 32.1 Å². The van der Waals surface area contributed by atoms with Gasteiger partial charge in [0.05, 0.1) is 12.0 Å². The van der Waals surface area contributed by atoms with Crippen LogP contribution < -0.4 is 15.4 Å². The highest BCUT2D eigenvalue weighted by Crippen LogP contribution is 2.38. The van der Waals surface area contributed by atoms with Gasteiger partial charge in [0.25, 0.3) is 5.56 Å². The summed E-state index contributed by atoms with van der Waals surface area (Å²) in [4.78, 5) is 45.2. The van der Waals surface area contributed by atoms with Gasteiger partial charge in [0.1, 0.15) is 12.4 Å². The fourth-order valence-corrected chi connectivity index (χ4v) is 4.35. The van der Waals surface area contributed by atoms with Gasteiger partial charge >= 0.3 is 0 Å². The van der Waals surface area contributed by atoms with Gasteiger partial charge in [0.2, 0.25) is 11.9 Å². The van der Waals surface area contributed by atoms with Crippen LogP contribution >= 0.6 is 0 Å². The molecule has 1 amide bonds. The van der Waals surface area contributed by atoms with Crippen LogP contribution in [0.4, 0.5) is 11.8 Å². The Morgan fingerprint density at radius 2 is 1.74 bits per heavy atom. The number of piperazine rings is 1. The van der Waals surface area contributed by atoms with Crippen molar-refractivity contribution >= 4 is 17.7 Å². The molecule has 0 aromatic carbocycles. The minimum absolute atomic E-state index is 0.0385. The molecule has 2 aromatic heterocycles. The Hall–Kier alpha value is -2.97. The van der Waals surface area contributed by atoms with Crippen molar-refractivity contribution in [3.8, 4) is 0 Å². The van der Waals surface area contributed by atoms with E-state index in [2.05, 4.69) is 25.8 Å². The second kappa shape index (κ2) is 8.28. The molecule has 0 bridgehead atoms. The number of aryl methyl sites for hydroxylation is 1. The van der Waals surface area contributed by atoms with E-state index in [1.807, 2.05) is 11.8 Å².